The molecule has 0 spiro atoms. The van der Waals surface area contributed by atoms with Crippen LogP contribution in [0.15, 0.2) is 30.5 Å². The lowest BCUT2D eigenvalue weighted by Crippen LogP contribution is -2.25. The number of aromatic nitrogens is 4. The number of amides is 1. The molecule has 0 saturated heterocycles. The minimum absolute atomic E-state index is 0. The number of carbonyl (C=O) groups excluding carboxylic acids is 1. The first-order valence-corrected chi connectivity index (χ1v) is 9.19. The lowest BCUT2D eigenvalue weighted by atomic mass is 10.1. The third-order valence-corrected chi connectivity index (χ3v) is 4.32. The quantitative estimate of drug-likeness (QED) is 0.353. The van der Waals surface area contributed by atoms with E-state index < -0.39 is 5.97 Å². The lowest BCUT2D eigenvalue weighted by Gasteiger charge is -2.19. The molecule has 1 aromatic carbocycles. The summed E-state index contributed by atoms with van der Waals surface area (Å²) >= 11 is 0. The van der Waals surface area contributed by atoms with Crippen molar-refractivity contribution in [2.75, 3.05) is 30.0 Å². The van der Waals surface area contributed by atoms with Crippen LogP contribution in [0.2, 0.25) is 0 Å². The molecule has 8 N–H and O–H groups in total. The predicted octanol–water partition coefficient (Wildman–Crippen LogP) is -0.00950. The third-order valence-electron chi connectivity index (χ3n) is 4.32. The van der Waals surface area contributed by atoms with E-state index in [0.29, 0.717) is 41.9 Å². The van der Waals surface area contributed by atoms with Crippen molar-refractivity contribution in [3.8, 4) is 0 Å². The van der Waals surface area contributed by atoms with E-state index in [9.17, 15) is 9.59 Å². The normalized spacial score (nSPS) is 10.4. The first-order valence-electron chi connectivity index (χ1n) is 9.19. The SMILES string of the molecule is CN(Cc1cnc2nc(N)nc(N)c2n1)c1ccc(C(=O)NCCCC(=O)O)cc1.O. The second kappa shape index (κ2) is 10.1. The molecule has 0 aliphatic heterocycles. The highest BCUT2D eigenvalue weighted by atomic mass is 16.4. The van der Waals surface area contributed by atoms with Crippen LogP contribution in [0, 0.1) is 0 Å². The van der Waals surface area contributed by atoms with Crippen LogP contribution in [0.25, 0.3) is 11.2 Å². The molecule has 0 fully saturated rings. The average Bonchev–Trinajstić information content (AvgIpc) is 2.71. The predicted molar refractivity (Wildman–Crippen MR) is 115 cm³/mol. The van der Waals surface area contributed by atoms with Crippen molar-refractivity contribution >= 4 is 40.5 Å². The standard InChI is InChI=1S/C19H22N8O3.H2O/c1-27(10-12-9-23-17-15(24-12)16(20)25-19(21)26-17)13-6-4-11(5-7-13)18(30)22-8-2-3-14(28)29;/h4-7,9H,2-3,8,10H2,1H3,(H,22,30)(H,28,29)(H4,20,21,23,25,26);1H2. The molecule has 12 nitrogen and oxygen atoms in total. The molecule has 0 aliphatic carbocycles. The molecular weight excluding hydrogens is 404 g/mol. The van der Waals surface area contributed by atoms with Crippen molar-refractivity contribution in [1.29, 1.82) is 0 Å². The number of benzene rings is 1. The molecule has 0 unspecified atom stereocenters. The number of carboxylic acid groups (broad SMARTS) is 1. The number of fused-ring (bicyclic) bond motifs is 1. The molecule has 0 radical (unpaired) electrons. The van der Waals surface area contributed by atoms with Gasteiger partial charge in [-0.1, -0.05) is 0 Å². The van der Waals surface area contributed by atoms with E-state index in [1.807, 2.05) is 24.1 Å². The Hall–Kier alpha value is -4.06. The van der Waals surface area contributed by atoms with Crippen LogP contribution < -0.4 is 21.7 Å². The summed E-state index contributed by atoms with van der Waals surface area (Å²) in [6.45, 7) is 0.763. The fourth-order valence-electron chi connectivity index (χ4n) is 2.80. The van der Waals surface area contributed by atoms with E-state index in [-0.39, 0.29) is 29.6 Å². The molecule has 0 aliphatic rings. The van der Waals surface area contributed by atoms with Crippen molar-refractivity contribution in [1.82, 2.24) is 25.3 Å². The van der Waals surface area contributed by atoms with Gasteiger partial charge < -0.3 is 32.3 Å². The Morgan fingerprint density at radius 1 is 1.13 bits per heavy atom. The average molecular weight is 428 g/mol. The van der Waals surface area contributed by atoms with Gasteiger partial charge in [0.25, 0.3) is 5.91 Å². The van der Waals surface area contributed by atoms with Gasteiger partial charge in [-0.15, -0.1) is 0 Å². The Kier molecular flexibility index (Phi) is 7.58. The highest BCUT2D eigenvalue weighted by Gasteiger charge is 2.11. The summed E-state index contributed by atoms with van der Waals surface area (Å²) in [5.41, 5.74) is 14.2. The van der Waals surface area contributed by atoms with Gasteiger partial charge >= 0.3 is 5.97 Å². The van der Waals surface area contributed by atoms with E-state index in [1.54, 1.807) is 18.3 Å². The van der Waals surface area contributed by atoms with E-state index in [4.69, 9.17) is 16.6 Å². The van der Waals surface area contributed by atoms with Gasteiger partial charge in [-0.3, -0.25) is 9.59 Å². The summed E-state index contributed by atoms with van der Waals surface area (Å²) < 4.78 is 0. The van der Waals surface area contributed by atoms with E-state index in [0.717, 1.165) is 5.69 Å². The number of nitrogen functional groups attached to an aromatic ring is 2. The second-order valence-corrected chi connectivity index (χ2v) is 6.66. The fraction of sp³-hybridized carbons (Fsp3) is 0.263. The minimum Gasteiger partial charge on any atom is -0.481 e. The smallest absolute Gasteiger partial charge is 0.303 e. The Labute approximate surface area is 177 Å². The van der Waals surface area contributed by atoms with Crippen molar-refractivity contribution < 1.29 is 20.2 Å². The monoisotopic (exact) mass is 428 g/mol. The van der Waals surface area contributed by atoms with Gasteiger partial charge in [-0.25, -0.2) is 9.97 Å². The van der Waals surface area contributed by atoms with Crippen LogP contribution in [0.4, 0.5) is 17.5 Å². The molecule has 0 saturated carbocycles. The number of nitrogens with zero attached hydrogens (tertiary/aromatic N) is 5. The minimum atomic E-state index is -0.882. The molecule has 12 heteroatoms. The molecule has 2 heterocycles. The van der Waals surface area contributed by atoms with Crippen LogP contribution in [0.5, 0.6) is 0 Å². The largest absolute Gasteiger partial charge is 0.481 e. The zero-order valence-corrected chi connectivity index (χ0v) is 16.9. The number of carboxylic acids is 1. The van der Waals surface area contributed by atoms with Crippen molar-refractivity contribution in [2.45, 2.75) is 19.4 Å². The molecule has 3 rings (SSSR count). The van der Waals surface area contributed by atoms with Gasteiger partial charge in [0.15, 0.2) is 17.0 Å². The highest BCUT2D eigenvalue weighted by Crippen LogP contribution is 2.18. The van der Waals surface area contributed by atoms with Crippen LogP contribution in [0.3, 0.4) is 0 Å². The first-order chi connectivity index (χ1) is 14.3. The summed E-state index contributed by atoms with van der Waals surface area (Å²) in [6, 6.07) is 7.05. The molecule has 3 aromatic rings. The lowest BCUT2D eigenvalue weighted by molar-refractivity contribution is -0.137. The summed E-state index contributed by atoms with van der Waals surface area (Å²) in [5, 5.41) is 11.3. The van der Waals surface area contributed by atoms with Gasteiger partial charge in [-0.05, 0) is 30.7 Å². The zero-order chi connectivity index (χ0) is 21.7. The van der Waals surface area contributed by atoms with Crippen molar-refractivity contribution in [3.63, 3.8) is 0 Å². The van der Waals surface area contributed by atoms with Crippen molar-refractivity contribution in [3.05, 3.63) is 41.7 Å². The highest BCUT2D eigenvalue weighted by molar-refractivity contribution is 5.94. The summed E-state index contributed by atoms with van der Waals surface area (Å²) in [7, 11) is 1.88. The van der Waals surface area contributed by atoms with Crippen LogP contribution >= 0.6 is 0 Å². The number of hydrogen-bond donors (Lipinski definition) is 4. The number of anilines is 3. The second-order valence-electron chi connectivity index (χ2n) is 6.66. The molecule has 2 aromatic heterocycles. The molecule has 1 amide bonds. The first kappa shape index (κ1) is 23.2. The van der Waals surface area contributed by atoms with Gasteiger partial charge in [0, 0.05) is 31.3 Å². The molecule has 0 bridgehead atoms. The number of aliphatic carboxylic acids is 1. The van der Waals surface area contributed by atoms with Gasteiger partial charge in [0.05, 0.1) is 18.4 Å². The zero-order valence-electron chi connectivity index (χ0n) is 16.9. The maximum Gasteiger partial charge on any atom is 0.303 e. The fourth-order valence-corrected chi connectivity index (χ4v) is 2.80. The number of nitrogens with one attached hydrogen (secondary N) is 1. The van der Waals surface area contributed by atoms with E-state index in [2.05, 4.69) is 25.3 Å². The summed E-state index contributed by atoms with van der Waals surface area (Å²) in [5.74, 6) is -0.907. The summed E-state index contributed by atoms with van der Waals surface area (Å²) in [4.78, 5) is 41.2. The van der Waals surface area contributed by atoms with Gasteiger partial charge in [-0.2, -0.15) is 9.97 Å². The third kappa shape index (κ3) is 5.96. The molecule has 164 valence electrons. The van der Waals surface area contributed by atoms with Crippen LogP contribution in [0.1, 0.15) is 28.9 Å². The number of rotatable bonds is 8. The molecule has 0 atom stereocenters. The maximum atomic E-state index is 12.1. The Morgan fingerprint density at radius 3 is 2.52 bits per heavy atom. The van der Waals surface area contributed by atoms with E-state index >= 15 is 0 Å². The van der Waals surface area contributed by atoms with Crippen molar-refractivity contribution in [2.24, 2.45) is 0 Å². The Morgan fingerprint density at radius 2 is 1.84 bits per heavy atom. The van der Waals surface area contributed by atoms with Gasteiger partial charge in [0.1, 0.15) is 0 Å². The van der Waals surface area contributed by atoms with Crippen LogP contribution in [-0.2, 0) is 11.3 Å². The Balaban J connectivity index is 0.00000341. The molecular formula is C19H24N8O4. The topological polar surface area (TPSA) is 205 Å². The van der Waals surface area contributed by atoms with E-state index in [1.165, 1.54) is 0 Å². The maximum absolute atomic E-state index is 12.1. The molecule has 31 heavy (non-hydrogen) atoms. The van der Waals surface area contributed by atoms with Crippen LogP contribution in [-0.4, -0.2) is 56.0 Å². The number of nitrogens with two attached hydrogens (primary N) is 2. The van der Waals surface area contributed by atoms with Gasteiger partial charge in [0.2, 0.25) is 5.95 Å². The summed E-state index contributed by atoms with van der Waals surface area (Å²) in [6.07, 6.45) is 2.01. The Bertz CT molecular complexity index is 1070. The number of hydrogen-bond acceptors (Lipinski definition) is 9. The number of carbonyl (C=O) groups is 2.